The number of benzene rings is 2. The Bertz CT molecular complexity index is 490. The normalized spacial score (nSPS) is 10.1. The topological polar surface area (TPSA) is 20.3 Å². The second kappa shape index (κ2) is 6.01. The minimum absolute atomic E-state index is 0.718. The molecule has 0 fully saturated rings. The fourth-order valence-electron chi connectivity index (χ4n) is 1.88. The van der Waals surface area contributed by atoms with Gasteiger partial charge in [-0.2, -0.15) is 0 Å². The third kappa shape index (κ3) is 3.20. The van der Waals surface area contributed by atoms with Gasteiger partial charge in [-0.3, -0.25) is 4.79 Å². The number of carbonyl (C=O) groups is 1. The molecule has 0 aromatic heterocycles. The summed E-state index contributed by atoms with van der Waals surface area (Å²) in [6.07, 6.45) is 1.89. The quantitative estimate of drug-likeness (QED) is 0.747. The molecule has 0 bridgehead atoms. The van der Waals surface area contributed by atoms with Gasteiger partial charge < -0.3 is 4.90 Å². The molecule has 2 aromatic rings. The first kappa shape index (κ1) is 12.4. The van der Waals surface area contributed by atoms with E-state index in [1.165, 1.54) is 5.56 Å². The van der Waals surface area contributed by atoms with Crippen molar-refractivity contribution in [3.63, 3.8) is 0 Å². The van der Waals surface area contributed by atoms with Crippen LogP contribution in [0, 0.1) is 0 Å². The van der Waals surface area contributed by atoms with E-state index in [2.05, 4.69) is 36.2 Å². The standard InChI is InChI=1S/C16H17NO/c1-17(12-11-14-5-3-2-4-6-14)16-9-7-15(13-18)8-10-16/h2-10,13H,11-12H2,1H3. The molecule has 0 saturated carbocycles. The first-order valence-corrected chi connectivity index (χ1v) is 6.10. The Morgan fingerprint density at radius 3 is 2.28 bits per heavy atom. The zero-order chi connectivity index (χ0) is 12.8. The minimum Gasteiger partial charge on any atom is -0.374 e. The molecule has 0 atom stereocenters. The van der Waals surface area contributed by atoms with Crippen molar-refractivity contribution in [3.8, 4) is 0 Å². The van der Waals surface area contributed by atoms with Crippen LogP contribution in [0.4, 0.5) is 5.69 Å². The molecule has 0 spiro atoms. The average molecular weight is 239 g/mol. The van der Waals surface area contributed by atoms with Crippen molar-refractivity contribution in [3.05, 3.63) is 65.7 Å². The third-order valence-electron chi connectivity index (χ3n) is 3.05. The van der Waals surface area contributed by atoms with Gasteiger partial charge in [-0.05, 0) is 36.2 Å². The summed E-state index contributed by atoms with van der Waals surface area (Å²) in [6.45, 7) is 0.963. The Labute approximate surface area is 108 Å². The molecule has 0 aliphatic heterocycles. The van der Waals surface area contributed by atoms with Crippen LogP contribution in [0.5, 0.6) is 0 Å². The summed E-state index contributed by atoms with van der Waals surface area (Å²) in [7, 11) is 2.07. The number of carbonyl (C=O) groups excluding carboxylic acids is 1. The summed E-state index contributed by atoms with van der Waals surface area (Å²) in [5, 5.41) is 0. The highest BCUT2D eigenvalue weighted by molar-refractivity contribution is 5.75. The van der Waals surface area contributed by atoms with Gasteiger partial charge in [0.2, 0.25) is 0 Å². The summed E-state index contributed by atoms with van der Waals surface area (Å²) in [4.78, 5) is 12.8. The summed E-state index contributed by atoms with van der Waals surface area (Å²) < 4.78 is 0. The van der Waals surface area contributed by atoms with E-state index < -0.39 is 0 Å². The van der Waals surface area contributed by atoms with Crippen LogP contribution in [0.2, 0.25) is 0 Å². The smallest absolute Gasteiger partial charge is 0.150 e. The molecule has 92 valence electrons. The van der Waals surface area contributed by atoms with Gasteiger partial charge in [-0.25, -0.2) is 0 Å². The zero-order valence-electron chi connectivity index (χ0n) is 10.5. The Balaban J connectivity index is 1.94. The molecule has 2 heteroatoms. The molecule has 0 N–H and O–H groups in total. The summed E-state index contributed by atoms with van der Waals surface area (Å²) in [5.41, 5.74) is 3.20. The lowest BCUT2D eigenvalue weighted by molar-refractivity contribution is 0.112. The highest BCUT2D eigenvalue weighted by Crippen LogP contribution is 2.13. The fraction of sp³-hybridized carbons (Fsp3) is 0.188. The number of rotatable bonds is 5. The van der Waals surface area contributed by atoms with Crippen molar-refractivity contribution in [2.24, 2.45) is 0 Å². The van der Waals surface area contributed by atoms with Crippen LogP contribution in [-0.4, -0.2) is 19.9 Å². The fourth-order valence-corrected chi connectivity index (χ4v) is 1.88. The van der Waals surface area contributed by atoms with Gasteiger partial charge in [-0.1, -0.05) is 30.3 Å². The van der Waals surface area contributed by atoms with Gasteiger partial charge in [0.15, 0.2) is 0 Å². The second-order valence-electron chi connectivity index (χ2n) is 4.37. The van der Waals surface area contributed by atoms with Crippen molar-refractivity contribution < 1.29 is 4.79 Å². The van der Waals surface area contributed by atoms with Gasteiger partial charge >= 0.3 is 0 Å². The van der Waals surface area contributed by atoms with Crippen LogP contribution in [-0.2, 0) is 6.42 Å². The summed E-state index contributed by atoms with van der Waals surface area (Å²) in [5.74, 6) is 0. The first-order chi connectivity index (χ1) is 8.79. The lowest BCUT2D eigenvalue weighted by atomic mass is 10.1. The van der Waals surface area contributed by atoms with E-state index in [0.29, 0.717) is 0 Å². The maximum absolute atomic E-state index is 10.6. The monoisotopic (exact) mass is 239 g/mol. The number of anilines is 1. The van der Waals surface area contributed by atoms with E-state index in [1.807, 2.05) is 30.3 Å². The minimum atomic E-state index is 0.718. The molecule has 0 amide bonds. The number of hydrogen-bond acceptors (Lipinski definition) is 2. The first-order valence-electron chi connectivity index (χ1n) is 6.10. The molecular weight excluding hydrogens is 222 g/mol. The molecule has 2 nitrogen and oxygen atoms in total. The van der Waals surface area contributed by atoms with Gasteiger partial charge in [0, 0.05) is 24.8 Å². The van der Waals surface area contributed by atoms with Crippen molar-refractivity contribution in [2.45, 2.75) is 6.42 Å². The van der Waals surface area contributed by atoms with Crippen molar-refractivity contribution >= 4 is 12.0 Å². The molecule has 0 radical (unpaired) electrons. The lowest BCUT2D eigenvalue weighted by Crippen LogP contribution is -2.20. The molecule has 0 aliphatic carbocycles. The molecule has 2 aromatic carbocycles. The largest absolute Gasteiger partial charge is 0.374 e. The van der Waals surface area contributed by atoms with Crippen molar-refractivity contribution in [1.82, 2.24) is 0 Å². The van der Waals surface area contributed by atoms with Crippen LogP contribution in [0.3, 0.4) is 0 Å². The molecule has 18 heavy (non-hydrogen) atoms. The number of nitrogens with zero attached hydrogens (tertiary/aromatic N) is 1. The second-order valence-corrected chi connectivity index (χ2v) is 4.37. The highest BCUT2D eigenvalue weighted by atomic mass is 16.1. The lowest BCUT2D eigenvalue weighted by Gasteiger charge is -2.19. The molecular formula is C16H17NO. The molecule has 0 heterocycles. The summed E-state index contributed by atoms with van der Waals surface area (Å²) in [6, 6.07) is 18.1. The Morgan fingerprint density at radius 1 is 1.00 bits per heavy atom. The maximum Gasteiger partial charge on any atom is 0.150 e. The van der Waals surface area contributed by atoms with Gasteiger partial charge in [-0.15, -0.1) is 0 Å². The van der Waals surface area contributed by atoms with E-state index in [1.54, 1.807) is 0 Å². The Morgan fingerprint density at radius 2 is 1.67 bits per heavy atom. The van der Waals surface area contributed by atoms with Crippen LogP contribution < -0.4 is 4.90 Å². The van der Waals surface area contributed by atoms with E-state index in [9.17, 15) is 4.79 Å². The van der Waals surface area contributed by atoms with Gasteiger partial charge in [0.1, 0.15) is 6.29 Å². The molecule has 0 unspecified atom stereocenters. The maximum atomic E-state index is 10.6. The van der Waals surface area contributed by atoms with Gasteiger partial charge in [0.05, 0.1) is 0 Å². The van der Waals surface area contributed by atoms with Gasteiger partial charge in [0.25, 0.3) is 0 Å². The molecule has 2 rings (SSSR count). The van der Waals surface area contributed by atoms with E-state index >= 15 is 0 Å². The van der Waals surface area contributed by atoms with E-state index in [4.69, 9.17) is 0 Å². The Kier molecular flexibility index (Phi) is 4.13. The van der Waals surface area contributed by atoms with E-state index in [-0.39, 0.29) is 0 Å². The predicted octanol–water partition coefficient (Wildman–Crippen LogP) is 3.18. The van der Waals surface area contributed by atoms with Crippen LogP contribution in [0.25, 0.3) is 0 Å². The number of hydrogen-bond donors (Lipinski definition) is 0. The Hall–Kier alpha value is -2.09. The average Bonchev–Trinajstić information content (AvgIpc) is 2.46. The SMILES string of the molecule is CN(CCc1ccccc1)c1ccc(C=O)cc1. The third-order valence-corrected chi connectivity index (χ3v) is 3.05. The molecule has 0 saturated heterocycles. The molecule has 0 aliphatic rings. The summed E-state index contributed by atoms with van der Waals surface area (Å²) >= 11 is 0. The number of aldehydes is 1. The van der Waals surface area contributed by atoms with Crippen LogP contribution >= 0.6 is 0 Å². The zero-order valence-corrected chi connectivity index (χ0v) is 10.5. The number of likely N-dealkylation sites (N-methyl/N-ethyl adjacent to an activating group) is 1. The van der Waals surface area contributed by atoms with Crippen LogP contribution in [0.1, 0.15) is 15.9 Å². The van der Waals surface area contributed by atoms with Crippen LogP contribution in [0.15, 0.2) is 54.6 Å². The van der Waals surface area contributed by atoms with Crippen molar-refractivity contribution in [2.75, 3.05) is 18.5 Å². The van der Waals surface area contributed by atoms with E-state index in [0.717, 1.165) is 30.5 Å². The highest BCUT2D eigenvalue weighted by Gasteiger charge is 2.01. The predicted molar refractivity (Wildman–Crippen MR) is 75.2 cm³/mol. The van der Waals surface area contributed by atoms with Crippen molar-refractivity contribution in [1.29, 1.82) is 0 Å².